The average Bonchev–Trinajstić information content (AvgIpc) is 2.74. The first kappa shape index (κ1) is 14.1. The molecule has 2 aromatic rings. The van der Waals surface area contributed by atoms with Gasteiger partial charge in [-0.25, -0.2) is 0 Å². The van der Waals surface area contributed by atoms with Crippen LogP contribution >= 0.6 is 0 Å². The van der Waals surface area contributed by atoms with Gasteiger partial charge in [0.2, 0.25) is 0 Å². The van der Waals surface area contributed by atoms with Crippen LogP contribution in [0.2, 0.25) is 0 Å². The van der Waals surface area contributed by atoms with Crippen molar-refractivity contribution in [2.24, 2.45) is 0 Å². The number of para-hydroxylation sites is 1. The van der Waals surface area contributed by atoms with Crippen LogP contribution in [0.15, 0.2) is 24.3 Å². The fraction of sp³-hybridized carbons (Fsp3) is 0.333. The van der Waals surface area contributed by atoms with Crippen LogP contribution < -0.4 is 0 Å². The van der Waals surface area contributed by atoms with Gasteiger partial charge < -0.3 is 15.0 Å². The lowest BCUT2D eigenvalue weighted by Gasteiger charge is -2.20. The Balaban J connectivity index is 2.34. The number of aromatic amines is 1. The number of aromatic nitrogens is 1. The third-order valence-corrected chi connectivity index (χ3v) is 3.37. The Labute approximate surface area is 117 Å². The Bertz CT molecular complexity index is 646. The molecule has 5 nitrogen and oxygen atoms in total. The minimum absolute atomic E-state index is 0.0407. The molecule has 0 bridgehead atoms. The number of amides is 1. The second-order valence-electron chi connectivity index (χ2n) is 4.70. The zero-order valence-corrected chi connectivity index (χ0v) is 11.6. The summed E-state index contributed by atoms with van der Waals surface area (Å²) in [6, 6.07) is 7.62. The number of aliphatic carboxylic acids is 1. The molecule has 0 atom stereocenters. The number of rotatable bonds is 5. The molecule has 0 spiro atoms. The highest BCUT2D eigenvalue weighted by atomic mass is 16.4. The summed E-state index contributed by atoms with van der Waals surface area (Å²) in [4.78, 5) is 28.0. The summed E-state index contributed by atoms with van der Waals surface area (Å²) in [6.07, 6.45) is -0.0407. The molecule has 1 aromatic carbocycles. The van der Waals surface area contributed by atoms with Crippen LogP contribution in [0, 0.1) is 6.92 Å². The monoisotopic (exact) mass is 274 g/mol. The zero-order valence-electron chi connectivity index (χ0n) is 11.6. The molecule has 0 unspecified atom stereocenters. The molecule has 0 aliphatic heterocycles. The molecule has 5 heteroatoms. The van der Waals surface area contributed by atoms with Crippen LogP contribution in [0.4, 0.5) is 0 Å². The highest BCUT2D eigenvalue weighted by Gasteiger charge is 2.21. The Kier molecular flexibility index (Phi) is 4.08. The lowest BCUT2D eigenvalue weighted by molar-refractivity contribution is -0.137. The highest BCUT2D eigenvalue weighted by molar-refractivity contribution is 6.08. The Morgan fingerprint density at radius 3 is 2.65 bits per heavy atom. The number of H-pyrrole nitrogens is 1. The van der Waals surface area contributed by atoms with E-state index in [1.807, 2.05) is 38.1 Å². The van der Waals surface area contributed by atoms with Crippen molar-refractivity contribution in [2.45, 2.75) is 20.3 Å². The van der Waals surface area contributed by atoms with Gasteiger partial charge in [-0.1, -0.05) is 18.2 Å². The van der Waals surface area contributed by atoms with E-state index in [9.17, 15) is 9.59 Å². The molecule has 2 rings (SSSR count). The first-order valence-corrected chi connectivity index (χ1v) is 6.63. The third-order valence-electron chi connectivity index (χ3n) is 3.37. The molecule has 20 heavy (non-hydrogen) atoms. The van der Waals surface area contributed by atoms with E-state index in [1.165, 1.54) is 0 Å². The first-order valence-electron chi connectivity index (χ1n) is 6.63. The van der Waals surface area contributed by atoms with Crippen LogP contribution in [0.5, 0.6) is 0 Å². The molecule has 0 fully saturated rings. The summed E-state index contributed by atoms with van der Waals surface area (Å²) in [5.41, 5.74) is 2.36. The smallest absolute Gasteiger partial charge is 0.305 e. The summed E-state index contributed by atoms with van der Waals surface area (Å²) >= 11 is 0. The summed E-state index contributed by atoms with van der Waals surface area (Å²) in [7, 11) is 0. The lowest BCUT2D eigenvalue weighted by atomic mass is 10.1. The number of nitrogens with zero attached hydrogens (tertiary/aromatic N) is 1. The van der Waals surface area contributed by atoms with Crippen molar-refractivity contribution >= 4 is 22.8 Å². The van der Waals surface area contributed by atoms with Crippen LogP contribution in [0.1, 0.15) is 29.4 Å². The Hall–Kier alpha value is -2.30. The number of carbonyl (C=O) groups is 2. The number of carboxylic acids is 1. The van der Waals surface area contributed by atoms with Crippen molar-refractivity contribution in [3.8, 4) is 0 Å². The zero-order chi connectivity index (χ0) is 14.7. The number of hydrogen-bond donors (Lipinski definition) is 2. The topological polar surface area (TPSA) is 73.4 Å². The molecule has 0 aliphatic rings. The molecule has 0 saturated heterocycles. The van der Waals surface area contributed by atoms with Crippen LogP contribution in [0.25, 0.3) is 10.9 Å². The molecule has 0 radical (unpaired) electrons. The van der Waals surface area contributed by atoms with Crippen molar-refractivity contribution in [1.82, 2.24) is 9.88 Å². The fourth-order valence-electron chi connectivity index (χ4n) is 2.34. The molecule has 1 aromatic heterocycles. The molecule has 0 saturated carbocycles. The van der Waals surface area contributed by atoms with Gasteiger partial charge in [0.25, 0.3) is 5.91 Å². The summed E-state index contributed by atoms with van der Waals surface area (Å²) in [5, 5.41) is 9.63. The van der Waals surface area contributed by atoms with E-state index in [0.717, 1.165) is 16.6 Å². The number of nitrogens with one attached hydrogen (secondary N) is 1. The highest BCUT2D eigenvalue weighted by Crippen LogP contribution is 2.23. The Morgan fingerprint density at radius 2 is 2.00 bits per heavy atom. The quantitative estimate of drug-likeness (QED) is 0.879. The molecule has 2 N–H and O–H groups in total. The van der Waals surface area contributed by atoms with Gasteiger partial charge in [0.05, 0.1) is 12.0 Å². The fourth-order valence-corrected chi connectivity index (χ4v) is 2.34. The standard InChI is InChI=1S/C15H18N2O3/c1-3-17(9-8-13(18)19)15(20)14-10(2)16-12-7-5-4-6-11(12)14/h4-7,16H,3,8-9H2,1-2H3,(H,18,19). The second-order valence-corrected chi connectivity index (χ2v) is 4.70. The minimum Gasteiger partial charge on any atom is -0.481 e. The maximum absolute atomic E-state index is 12.6. The molecule has 1 heterocycles. The van der Waals surface area contributed by atoms with Crippen LogP contribution in [0.3, 0.4) is 0 Å². The van der Waals surface area contributed by atoms with Crippen LogP contribution in [-0.2, 0) is 4.79 Å². The van der Waals surface area contributed by atoms with E-state index >= 15 is 0 Å². The number of fused-ring (bicyclic) bond motifs is 1. The van der Waals surface area contributed by atoms with Gasteiger partial charge in [-0.3, -0.25) is 9.59 Å². The van der Waals surface area contributed by atoms with E-state index in [4.69, 9.17) is 5.11 Å². The lowest BCUT2D eigenvalue weighted by Crippen LogP contribution is -2.33. The normalized spacial score (nSPS) is 10.7. The average molecular weight is 274 g/mol. The molecular formula is C15H18N2O3. The number of hydrogen-bond acceptors (Lipinski definition) is 2. The largest absolute Gasteiger partial charge is 0.481 e. The first-order chi connectivity index (χ1) is 9.54. The minimum atomic E-state index is -0.896. The van der Waals surface area contributed by atoms with Crippen LogP contribution in [-0.4, -0.2) is 40.0 Å². The van der Waals surface area contributed by atoms with Gasteiger partial charge in [0, 0.05) is 29.7 Å². The number of carboxylic acid groups (broad SMARTS) is 1. The van der Waals surface area contributed by atoms with Crippen molar-refractivity contribution in [2.75, 3.05) is 13.1 Å². The van der Waals surface area contributed by atoms with Gasteiger partial charge in [0.15, 0.2) is 0 Å². The summed E-state index contributed by atoms with van der Waals surface area (Å²) < 4.78 is 0. The number of benzene rings is 1. The van der Waals surface area contributed by atoms with E-state index in [1.54, 1.807) is 4.90 Å². The Morgan fingerprint density at radius 1 is 1.30 bits per heavy atom. The molecule has 106 valence electrons. The van der Waals surface area contributed by atoms with Crippen molar-refractivity contribution < 1.29 is 14.7 Å². The SMILES string of the molecule is CCN(CCC(=O)O)C(=O)c1c(C)[nH]c2ccccc12. The second kappa shape index (κ2) is 5.77. The van der Waals surface area contributed by atoms with E-state index in [-0.39, 0.29) is 18.9 Å². The molecule has 1 amide bonds. The number of carbonyl (C=O) groups excluding carboxylic acids is 1. The van der Waals surface area contributed by atoms with E-state index in [2.05, 4.69) is 4.98 Å². The van der Waals surface area contributed by atoms with Gasteiger partial charge in [-0.05, 0) is 19.9 Å². The molecule has 0 aliphatic carbocycles. The van der Waals surface area contributed by atoms with Crippen molar-refractivity contribution in [3.05, 3.63) is 35.5 Å². The maximum atomic E-state index is 12.6. The van der Waals surface area contributed by atoms with Crippen molar-refractivity contribution in [3.63, 3.8) is 0 Å². The van der Waals surface area contributed by atoms with Gasteiger partial charge in [-0.15, -0.1) is 0 Å². The predicted molar refractivity (Wildman–Crippen MR) is 76.9 cm³/mol. The van der Waals surface area contributed by atoms with E-state index in [0.29, 0.717) is 12.1 Å². The molecular weight excluding hydrogens is 256 g/mol. The van der Waals surface area contributed by atoms with Crippen molar-refractivity contribution in [1.29, 1.82) is 0 Å². The maximum Gasteiger partial charge on any atom is 0.305 e. The van der Waals surface area contributed by atoms with Gasteiger partial charge in [-0.2, -0.15) is 0 Å². The predicted octanol–water partition coefficient (Wildman–Crippen LogP) is 2.41. The van der Waals surface area contributed by atoms with E-state index < -0.39 is 5.97 Å². The van der Waals surface area contributed by atoms with Gasteiger partial charge >= 0.3 is 5.97 Å². The number of aryl methyl sites for hydroxylation is 1. The summed E-state index contributed by atoms with van der Waals surface area (Å²) in [5.74, 6) is -1.02. The third kappa shape index (κ3) is 2.66. The van der Waals surface area contributed by atoms with Gasteiger partial charge in [0.1, 0.15) is 0 Å². The summed E-state index contributed by atoms with van der Waals surface area (Å²) in [6.45, 7) is 4.43.